The lowest BCUT2D eigenvalue weighted by molar-refractivity contribution is -0.113. The van der Waals surface area contributed by atoms with Crippen LogP contribution >= 0.6 is 11.8 Å². The van der Waals surface area contributed by atoms with E-state index in [0.29, 0.717) is 5.92 Å². The van der Waals surface area contributed by atoms with Crippen molar-refractivity contribution in [3.63, 3.8) is 0 Å². The minimum absolute atomic E-state index is 0.0548. The molecule has 1 amide bonds. The summed E-state index contributed by atoms with van der Waals surface area (Å²) in [5.74, 6) is 1.52. The van der Waals surface area contributed by atoms with Gasteiger partial charge in [-0.15, -0.1) is 10.2 Å². The summed E-state index contributed by atoms with van der Waals surface area (Å²) >= 11 is 1.38. The Morgan fingerprint density at radius 1 is 1.07 bits per heavy atom. The topological polar surface area (TPSA) is 59.8 Å². The number of nitrogens with zero attached hydrogens (tertiary/aromatic N) is 3. The van der Waals surface area contributed by atoms with Crippen LogP contribution < -0.4 is 5.32 Å². The highest BCUT2D eigenvalue weighted by molar-refractivity contribution is 7.99. The molecule has 0 bridgehead atoms. The van der Waals surface area contributed by atoms with Gasteiger partial charge in [-0.1, -0.05) is 55.9 Å². The van der Waals surface area contributed by atoms with Crippen molar-refractivity contribution in [2.24, 2.45) is 7.05 Å². The fourth-order valence-corrected chi connectivity index (χ4v) is 3.79. The molecule has 1 aromatic heterocycles. The van der Waals surface area contributed by atoms with Crippen LogP contribution in [0.3, 0.4) is 0 Å². The standard InChI is InChI=1S/C22H26N4OS/c1-14(2)17-6-8-18(9-7-17)21-24-25-22(26(21)5)28-13-20(27)23-19-11-15(3)10-16(4)12-19/h6-12,14H,13H2,1-5H3,(H,23,27). The van der Waals surface area contributed by atoms with Crippen LogP contribution in [-0.2, 0) is 11.8 Å². The van der Waals surface area contributed by atoms with Crippen LogP contribution in [0, 0.1) is 13.8 Å². The van der Waals surface area contributed by atoms with Crippen LogP contribution in [0.1, 0.15) is 36.5 Å². The lowest BCUT2D eigenvalue weighted by Gasteiger charge is -2.08. The first-order valence-electron chi connectivity index (χ1n) is 9.34. The van der Waals surface area contributed by atoms with E-state index in [1.165, 1.54) is 17.3 Å². The molecule has 3 aromatic rings. The van der Waals surface area contributed by atoms with Gasteiger partial charge >= 0.3 is 0 Å². The van der Waals surface area contributed by atoms with E-state index in [9.17, 15) is 4.79 Å². The zero-order valence-corrected chi connectivity index (χ0v) is 17.8. The van der Waals surface area contributed by atoms with Crippen molar-refractivity contribution in [1.29, 1.82) is 0 Å². The van der Waals surface area contributed by atoms with Gasteiger partial charge in [0.25, 0.3) is 0 Å². The first kappa shape index (κ1) is 20.1. The third-order valence-electron chi connectivity index (χ3n) is 4.51. The van der Waals surface area contributed by atoms with E-state index in [0.717, 1.165) is 33.4 Å². The predicted octanol–water partition coefficient (Wildman–Crippen LogP) is 4.95. The summed E-state index contributed by atoms with van der Waals surface area (Å²) < 4.78 is 1.93. The molecule has 0 aliphatic carbocycles. The van der Waals surface area contributed by atoms with Crippen LogP contribution in [0.2, 0.25) is 0 Å². The Hall–Kier alpha value is -2.60. The van der Waals surface area contributed by atoms with E-state index in [-0.39, 0.29) is 11.7 Å². The second kappa shape index (κ2) is 8.61. The maximum atomic E-state index is 12.3. The second-order valence-corrected chi connectivity index (χ2v) is 8.30. The van der Waals surface area contributed by atoms with Gasteiger partial charge in [0.15, 0.2) is 11.0 Å². The van der Waals surface area contributed by atoms with Gasteiger partial charge in [0.2, 0.25) is 5.91 Å². The van der Waals surface area contributed by atoms with E-state index in [1.807, 2.05) is 37.6 Å². The minimum Gasteiger partial charge on any atom is -0.325 e. The molecule has 1 heterocycles. The van der Waals surface area contributed by atoms with Crippen LogP contribution in [0.5, 0.6) is 0 Å². The molecule has 0 radical (unpaired) electrons. The fourth-order valence-electron chi connectivity index (χ4n) is 3.08. The first-order chi connectivity index (χ1) is 13.3. The number of thioether (sulfide) groups is 1. The molecule has 3 rings (SSSR count). The van der Waals surface area contributed by atoms with Gasteiger partial charge in [0.1, 0.15) is 0 Å². The summed E-state index contributed by atoms with van der Waals surface area (Å²) in [7, 11) is 1.93. The molecule has 0 atom stereocenters. The number of anilines is 1. The van der Waals surface area contributed by atoms with Crippen molar-refractivity contribution >= 4 is 23.4 Å². The van der Waals surface area contributed by atoms with Gasteiger partial charge < -0.3 is 9.88 Å². The van der Waals surface area contributed by atoms with E-state index in [1.54, 1.807) is 0 Å². The SMILES string of the molecule is Cc1cc(C)cc(NC(=O)CSc2nnc(-c3ccc(C(C)C)cc3)n2C)c1. The number of rotatable bonds is 6. The molecular weight excluding hydrogens is 368 g/mol. The Bertz CT molecular complexity index is 956. The monoisotopic (exact) mass is 394 g/mol. The summed E-state index contributed by atoms with van der Waals surface area (Å²) in [6.45, 7) is 8.39. The number of hydrogen-bond donors (Lipinski definition) is 1. The van der Waals surface area contributed by atoms with Crippen molar-refractivity contribution < 1.29 is 4.79 Å². The van der Waals surface area contributed by atoms with Crippen molar-refractivity contribution in [1.82, 2.24) is 14.8 Å². The summed E-state index contributed by atoms with van der Waals surface area (Å²) in [6.07, 6.45) is 0. The van der Waals surface area contributed by atoms with Crippen molar-refractivity contribution in [3.05, 3.63) is 59.2 Å². The zero-order valence-electron chi connectivity index (χ0n) is 17.0. The average Bonchev–Trinajstić information content (AvgIpc) is 2.99. The number of amides is 1. The number of hydrogen-bond acceptors (Lipinski definition) is 4. The normalized spacial score (nSPS) is 11.1. The third kappa shape index (κ3) is 4.81. The van der Waals surface area contributed by atoms with E-state index < -0.39 is 0 Å². The maximum absolute atomic E-state index is 12.3. The molecule has 0 saturated carbocycles. The Balaban J connectivity index is 1.64. The average molecular weight is 395 g/mol. The van der Waals surface area contributed by atoms with Gasteiger partial charge in [0, 0.05) is 18.3 Å². The van der Waals surface area contributed by atoms with Crippen LogP contribution in [-0.4, -0.2) is 26.4 Å². The molecule has 0 aliphatic rings. The lowest BCUT2D eigenvalue weighted by Crippen LogP contribution is -2.14. The highest BCUT2D eigenvalue weighted by atomic mass is 32.2. The third-order valence-corrected chi connectivity index (χ3v) is 5.53. The largest absolute Gasteiger partial charge is 0.325 e. The highest BCUT2D eigenvalue weighted by Crippen LogP contribution is 2.25. The number of aryl methyl sites for hydroxylation is 2. The zero-order chi connectivity index (χ0) is 20.3. The molecular formula is C22H26N4OS. The van der Waals surface area contributed by atoms with Crippen molar-refractivity contribution in [2.45, 2.75) is 38.8 Å². The molecule has 2 aromatic carbocycles. The number of carbonyl (C=O) groups is 1. The van der Waals surface area contributed by atoms with Gasteiger partial charge in [-0.2, -0.15) is 0 Å². The second-order valence-electron chi connectivity index (χ2n) is 7.36. The van der Waals surface area contributed by atoms with Crippen molar-refractivity contribution in [3.8, 4) is 11.4 Å². The maximum Gasteiger partial charge on any atom is 0.234 e. The van der Waals surface area contributed by atoms with Crippen LogP contribution in [0.15, 0.2) is 47.6 Å². The van der Waals surface area contributed by atoms with Gasteiger partial charge in [0.05, 0.1) is 5.75 Å². The van der Waals surface area contributed by atoms with Gasteiger partial charge in [-0.25, -0.2) is 0 Å². The molecule has 1 N–H and O–H groups in total. The summed E-state index contributed by atoms with van der Waals surface area (Å²) in [6, 6.07) is 14.4. The summed E-state index contributed by atoms with van der Waals surface area (Å²) in [4.78, 5) is 12.3. The molecule has 0 fully saturated rings. The van der Waals surface area contributed by atoms with Gasteiger partial charge in [-0.05, 0) is 48.6 Å². The summed E-state index contributed by atoms with van der Waals surface area (Å²) in [5.41, 5.74) is 5.40. The Kier molecular flexibility index (Phi) is 6.19. The van der Waals surface area contributed by atoms with Crippen molar-refractivity contribution in [2.75, 3.05) is 11.1 Å². The molecule has 5 nitrogen and oxygen atoms in total. The van der Waals surface area contributed by atoms with Gasteiger partial charge in [-0.3, -0.25) is 4.79 Å². The minimum atomic E-state index is -0.0548. The Labute approximate surface area is 170 Å². The van der Waals surface area contributed by atoms with Crippen LogP contribution in [0.4, 0.5) is 5.69 Å². The molecule has 0 unspecified atom stereocenters. The molecule has 6 heteroatoms. The smallest absolute Gasteiger partial charge is 0.234 e. The molecule has 146 valence electrons. The quantitative estimate of drug-likeness (QED) is 0.601. The van der Waals surface area contributed by atoms with E-state index in [4.69, 9.17) is 0 Å². The highest BCUT2D eigenvalue weighted by Gasteiger charge is 2.13. The summed E-state index contributed by atoms with van der Waals surface area (Å²) in [5, 5.41) is 12.2. The van der Waals surface area contributed by atoms with Crippen LogP contribution in [0.25, 0.3) is 11.4 Å². The first-order valence-corrected chi connectivity index (χ1v) is 10.3. The Morgan fingerprint density at radius 2 is 1.71 bits per heavy atom. The number of nitrogens with one attached hydrogen (secondary N) is 1. The molecule has 0 spiro atoms. The molecule has 0 saturated heterocycles. The number of benzene rings is 2. The fraction of sp³-hybridized carbons (Fsp3) is 0.318. The number of carbonyl (C=O) groups excluding carboxylic acids is 1. The lowest BCUT2D eigenvalue weighted by atomic mass is 10.0. The van der Waals surface area contributed by atoms with E-state index >= 15 is 0 Å². The predicted molar refractivity (Wildman–Crippen MR) is 116 cm³/mol. The molecule has 28 heavy (non-hydrogen) atoms. The molecule has 0 aliphatic heterocycles. The van der Waals surface area contributed by atoms with E-state index in [2.05, 4.69) is 59.7 Å². The number of aromatic nitrogens is 3. The Morgan fingerprint density at radius 3 is 2.32 bits per heavy atom.